The molecule has 0 saturated carbocycles. The van der Waals surface area contributed by atoms with E-state index >= 15 is 0 Å². The summed E-state index contributed by atoms with van der Waals surface area (Å²) in [5, 5.41) is 2.71. The van der Waals surface area contributed by atoms with Gasteiger partial charge in [-0.2, -0.15) is 0 Å². The van der Waals surface area contributed by atoms with Crippen LogP contribution in [0.1, 0.15) is 40.1 Å². The Kier molecular flexibility index (Phi) is 5.28. The number of rotatable bonds is 5. The van der Waals surface area contributed by atoms with Crippen LogP contribution >= 0.6 is 0 Å². The van der Waals surface area contributed by atoms with Crippen LogP contribution < -0.4 is 19.1 Å². The molecule has 3 aromatic carbocycles. The molecular weight excluding hydrogens is 456 g/mol. The quantitative estimate of drug-likeness (QED) is 0.556. The van der Waals surface area contributed by atoms with E-state index in [9.17, 15) is 18.0 Å². The molecule has 34 heavy (non-hydrogen) atoms. The van der Waals surface area contributed by atoms with Gasteiger partial charge in [-0.15, -0.1) is 0 Å². The van der Waals surface area contributed by atoms with E-state index in [0.717, 1.165) is 5.56 Å². The third-order valence-corrected chi connectivity index (χ3v) is 7.86. The molecule has 174 valence electrons. The van der Waals surface area contributed by atoms with Crippen LogP contribution in [-0.2, 0) is 16.4 Å². The summed E-state index contributed by atoms with van der Waals surface area (Å²) in [7, 11) is -3.90. The Morgan fingerprint density at radius 3 is 2.50 bits per heavy atom. The number of hydrogen-bond acceptors (Lipinski definition) is 6. The molecule has 1 unspecified atom stereocenters. The number of carbonyl (C=O) groups is 2. The number of ether oxygens (including phenoxy) is 2. The monoisotopic (exact) mass is 478 g/mol. The lowest BCUT2D eigenvalue weighted by molar-refractivity contribution is 0.101. The lowest BCUT2D eigenvalue weighted by atomic mass is 10.1. The van der Waals surface area contributed by atoms with Gasteiger partial charge in [0.15, 0.2) is 17.3 Å². The van der Waals surface area contributed by atoms with Gasteiger partial charge in [0, 0.05) is 23.2 Å². The molecule has 0 fully saturated rings. The summed E-state index contributed by atoms with van der Waals surface area (Å²) < 4.78 is 39.1. The molecule has 2 aliphatic heterocycles. The Morgan fingerprint density at radius 2 is 1.74 bits per heavy atom. The second kappa shape index (κ2) is 8.18. The molecule has 2 aliphatic rings. The van der Waals surface area contributed by atoms with E-state index in [1.165, 1.54) is 47.6 Å². The van der Waals surface area contributed by atoms with Crippen molar-refractivity contribution < 1.29 is 27.5 Å². The molecule has 8 nitrogen and oxygen atoms in total. The Labute approximate surface area is 197 Å². The van der Waals surface area contributed by atoms with Crippen LogP contribution in [0.15, 0.2) is 65.6 Å². The second-order valence-electron chi connectivity index (χ2n) is 8.27. The number of fused-ring (bicyclic) bond motifs is 2. The first kappa shape index (κ1) is 22.0. The molecule has 1 atom stereocenters. The van der Waals surface area contributed by atoms with E-state index in [0.29, 0.717) is 23.6 Å². The number of nitrogens with zero attached hydrogens (tertiary/aromatic N) is 1. The van der Waals surface area contributed by atoms with Crippen molar-refractivity contribution in [3.63, 3.8) is 0 Å². The number of benzene rings is 3. The molecule has 0 bridgehead atoms. The summed E-state index contributed by atoms with van der Waals surface area (Å²) in [6.45, 7) is 3.27. The first-order valence-corrected chi connectivity index (χ1v) is 12.2. The minimum Gasteiger partial charge on any atom is -0.454 e. The predicted molar refractivity (Wildman–Crippen MR) is 126 cm³/mol. The zero-order chi connectivity index (χ0) is 24.0. The smallest absolute Gasteiger partial charge is 0.264 e. The third-order valence-electron chi connectivity index (χ3n) is 5.94. The van der Waals surface area contributed by atoms with Gasteiger partial charge in [0.2, 0.25) is 6.79 Å². The molecule has 0 spiro atoms. The highest BCUT2D eigenvalue weighted by Crippen LogP contribution is 2.38. The number of sulfonamides is 1. The van der Waals surface area contributed by atoms with E-state index in [1.54, 1.807) is 12.1 Å². The SMILES string of the molecule is CC(=O)c1cc2c(cc1NC(=O)c1cccc(S(=O)(=O)N3c4ccccc4CC3C)c1)OCO2. The van der Waals surface area contributed by atoms with Crippen LogP contribution in [0.3, 0.4) is 0 Å². The summed E-state index contributed by atoms with van der Waals surface area (Å²) in [6, 6.07) is 16.1. The maximum absolute atomic E-state index is 13.5. The molecule has 0 aliphatic carbocycles. The van der Waals surface area contributed by atoms with E-state index < -0.39 is 15.9 Å². The van der Waals surface area contributed by atoms with Crippen molar-refractivity contribution in [1.29, 1.82) is 0 Å². The fourth-order valence-corrected chi connectivity index (χ4v) is 6.08. The van der Waals surface area contributed by atoms with Gasteiger partial charge in [-0.3, -0.25) is 13.9 Å². The van der Waals surface area contributed by atoms with Crippen LogP contribution in [0.4, 0.5) is 11.4 Å². The molecule has 1 N–H and O–H groups in total. The summed E-state index contributed by atoms with van der Waals surface area (Å²) in [6.07, 6.45) is 0.619. The van der Waals surface area contributed by atoms with E-state index in [4.69, 9.17) is 9.47 Å². The van der Waals surface area contributed by atoms with Crippen LogP contribution in [-0.4, -0.2) is 32.9 Å². The first-order chi connectivity index (χ1) is 16.3. The third kappa shape index (κ3) is 3.67. The zero-order valence-corrected chi connectivity index (χ0v) is 19.4. The number of Topliss-reactive ketones (excluding diaryl/α,β-unsaturated/α-hetero) is 1. The van der Waals surface area contributed by atoms with Gasteiger partial charge >= 0.3 is 0 Å². The maximum atomic E-state index is 13.5. The van der Waals surface area contributed by atoms with Crippen LogP contribution in [0.2, 0.25) is 0 Å². The summed E-state index contributed by atoms with van der Waals surface area (Å²) in [5.41, 5.74) is 2.29. The van der Waals surface area contributed by atoms with Crippen molar-refractivity contribution in [2.24, 2.45) is 0 Å². The fraction of sp³-hybridized carbons (Fsp3) is 0.200. The second-order valence-corrected chi connectivity index (χ2v) is 10.1. The van der Waals surface area contributed by atoms with E-state index in [1.807, 2.05) is 19.1 Å². The van der Waals surface area contributed by atoms with Crippen molar-refractivity contribution in [3.05, 3.63) is 77.4 Å². The molecule has 3 aromatic rings. The van der Waals surface area contributed by atoms with E-state index in [-0.39, 0.29) is 40.3 Å². The molecule has 1 amide bonds. The fourth-order valence-electron chi connectivity index (χ4n) is 4.35. The lowest BCUT2D eigenvalue weighted by Gasteiger charge is -2.24. The van der Waals surface area contributed by atoms with Crippen molar-refractivity contribution in [2.75, 3.05) is 16.4 Å². The minimum atomic E-state index is -3.90. The number of para-hydroxylation sites is 1. The predicted octanol–water partition coefficient (Wildman–Crippen LogP) is 4.01. The van der Waals surface area contributed by atoms with Gasteiger partial charge in [-0.25, -0.2) is 8.42 Å². The number of nitrogens with one attached hydrogen (secondary N) is 1. The number of amides is 1. The lowest BCUT2D eigenvalue weighted by Crippen LogP contribution is -2.35. The van der Waals surface area contributed by atoms with Crippen molar-refractivity contribution in [2.45, 2.75) is 31.2 Å². The van der Waals surface area contributed by atoms with Gasteiger partial charge in [0.1, 0.15) is 0 Å². The van der Waals surface area contributed by atoms with Crippen molar-refractivity contribution in [1.82, 2.24) is 0 Å². The van der Waals surface area contributed by atoms with E-state index in [2.05, 4.69) is 5.32 Å². The molecular formula is C25H22N2O6S. The Bertz CT molecular complexity index is 1430. The average Bonchev–Trinajstić information content (AvgIpc) is 3.41. The van der Waals surface area contributed by atoms with Gasteiger partial charge in [0.25, 0.3) is 15.9 Å². The van der Waals surface area contributed by atoms with Crippen LogP contribution in [0.5, 0.6) is 11.5 Å². The number of ketones is 1. The highest BCUT2D eigenvalue weighted by molar-refractivity contribution is 7.92. The highest BCUT2D eigenvalue weighted by Gasteiger charge is 2.36. The average molecular weight is 479 g/mol. The number of carbonyl (C=O) groups excluding carboxylic acids is 2. The van der Waals surface area contributed by atoms with Crippen molar-refractivity contribution in [3.8, 4) is 11.5 Å². The Hall–Kier alpha value is -3.85. The topological polar surface area (TPSA) is 102 Å². The molecule has 0 radical (unpaired) electrons. The van der Waals surface area contributed by atoms with Gasteiger partial charge in [-0.05, 0) is 56.2 Å². The maximum Gasteiger partial charge on any atom is 0.264 e. The molecule has 2 heterocycles. The van der Waals surface area contributed by atoms with Gasteiger partial charge in [-0.1, -0.05) is 24.3 Å². The summed E-state index contributed by atoms with van der Waals surface area (Å²) >= 11 is 0. The van der Waals surface area contributed by atoms with Crippen LogP contribution in [0.25, 0.3) is 0 Å². The first-order valence-electron chi connectivity index (χ1n) is 10.7. The Balaban J connectivity index is 1.46. The number of hydrogen-bond donors (Lipinski definition) is 1. The van der Waals surface area contributed by atoms with Crippen LogP contribution in [0, 0.1) is 0 Å². The highest BCUT2D eigenvalue weighted by atomic mass is 32.2. The van der Waals surface area contributed by atoms with Crippen molar-refractivity contribution >= 4 is 33.1 Å². The summed E-state index contributed by atoms with van der Waals surface area (Å²) in [4.78, 5) is 25.2. The molecule has 5 rings (SSSR count). The number of anilines is 2. The molecule has 0 aromatic heterocycles. The summed E-state index contributed by atoms with van der Waals surface area (Å²) in [5.74, 6) is 0.0366. The molecule has 0 saturated heterocycles. The van der Waals surface area contributed by atoms with Gasteiger partial charge in [0.05, 0.1) is 16.3 Å². The zero-order valence-electron chi connectivity index (χ0n) is 18.6. The Morgan fingerprint density at radius 1 is 1.00 bits per heavy atom. The standard InChI is InChI=1S/C25H22N2O6S/c1-15-10-17-6-3-4-9-22(17)27(15)34(30,31)19-8-5-7-18(11-19)25(29)26-21-13-24-23(32-14-33-24)12-20(21)16(2)28/h3-9,11-13,15H,10,14H2,1-2H3,(H,26,29). The van der Waals surface area contributed by atoms with Gasteiger partial charge < -0.3 is 14.8 Å². The normalized spacial score (nSPS) is 16.3. The minimum absolute atomic E-state index is 0.0150. The largest absolute Gasteiger partial charge is 0.454 e. The molecule has 9 heteroatoms.